The average Bonchev–Trinajstić information content (AvgIpc) is 2.93. The lowest BCUT2D eigenvalue weighted by atomic mass is 10.1. The van der Waals surface area contributed by atoms with E-state index in [9.17, 15) is 9.59 Å². The third-order valence-electron chi connectivity index (χ3n) is 3.06. The van der Waals surface area contributed by atoms with E-state index in [4.69, 9.17) is 4.74 Å². The van der Waals surface area contributed by atoms with Crippen LogP contribution in [-0.4, -0.2) is 42.5 Å². The van der Waals surface area contributed by atoms with Crippen molar-refractivity contribution in [2.24, 2.45) is 0 Å². The van der Waals surface area contributed by atoms with Crippen LogP contribution in [0.1, 0.15) is 21.8 Å². The lowest BCUT2D eigenvalue weighted by Gasteiger charge is -2.10. The fourth-order valence-corrected chi connectivity index (χ4v) is 2.46. The number of carbonyl (C=O) groups excluding carboxylic acids is 2. The van der Waals surface area contributed by atoms with E-state index in [1.54, 1.807) is 43.6 Å². The van der Waals surface area contributed by atoms with Crippen molar-refractivity contribution in [3.05, 3.63) is 40.2 Å². The fourth-order valence-electron chi connectivity index (χ4n) is 1.84. The number of amides is 1. The summed E-state index contributed by atoms with van der Waals surface area (Å²) < 4.78 is 5.14. The molecular weight excluding hydrogens is 300 g/mol. The van der Waals surface area contributed by atoms with Gasteiger partial charge in [-0.2, -0.15) is 0 Å². The predicted octanol–water partition coefficient (Wildman–Crippen LogP) is 2.75. The highest BCUT2D eigenvalue weighted by Crippen LogP contribution is 2.22. The van der Waals surface area contributed by atoms with E-state index < -0.39 is 5.97 Å². The molecule has 2 aromatic rings. The Labute approximate surface area is 133 Å². The zero-order valence-electron chi connectivity index (χ0n) is 12.8. The van der Waals surface area contributed by atoms with E-state index in [1.807, 2.05) is 18.4 Å². The molecule has 1 amide bonds. The number of benzene rings is 1. The summed E-state index contributed by atoms with van der Waals surface area (Å²) in [6, 6.07) is 7.15. The predicted molar refractivity (Wildman–Crippen MR) is 85.9 cm³/mol. The van der Waals surface area contributed by atoms with Crippen molar-refractivity contribution in [1.29, 1.82) is 0 Å². The number of carbonyl (C=O) groups is 2. The summed E-state index contributed by atoms with van der Waals surface area (Å²) in [7, 11) is 3.34. The topological polar surface area (TPSA) is 59.5 Å². The minimum Gasteiger partial charge on any atom is -0.462 e. The van der Waals surface area contributed by atoms with Crippen LogP contribution in [0, 0.1) is 6.92 Å². The van der Waals surface area contributed by atoms with Crippen molar-refractivity contribution < 1.29 is 14.3 Å². The van der Waals surface area contributed by atoms with Gasteiger partial charge in [0.1, 0.15) is 6.61 Å². The Morgan fingerprint density at radius 1 is 1.32 bits per heavy atom. The molecule has 0 aliphatic rings. The van der Waals surface area contributed by atoms with Crippen molar-refractivity contribution in [3.63, 3.8) is 0 Å². The molecule has 0 aliphatic carbocycles. The van der Waals surface area contributed by atoms with E-state index in [2.05, 4.69) is 4.98 Å². The molecule has 0 unspecified atom stereocenters. The van der Waals surface area contributed by atoms with Gasteiger partial charge in [0.2, 0.25) is 5.91 Å². The van der Waals surface area contributed by atoms with Crippen molar-refractivity contribution in [1.82, 2.24) is 9.88 Å². The first kappa shape index (κ1) is 16.2. The summed E-state index contributed by atoms with van der Waals surface area (Å²) in [5.74, 6) is -0.500. The SMILES string of the molecule is Cc1nc(-c2cccc(C(=O)OCCC(=O)N(C)C)c2)cs1. The minimum atomic E-state index is -0.430. The summed E-state index contributed by atoms with van der Waals surface area (Å²) in [5, 5.41) is 2.93. The van der Waals surface area contributed by atoms with Gasteiger partial charge in [0.25, 0.3) is 0 Å². The lowest BCUT2D eigenvalue weighted by Crippen LogP contribution is -2.23. The molecule has 0 aliphatic heterocycles. The smallest absolute Gasteiger partial charge is 0.338 e. The first-order valence-electron chi connectivity index (χ1n) is 6.87. The maximum Gasteiger partial charge on any atom is 0.338 e. The Balaban J connectivity index is 2.00. The number of esters is 1. The molecular formula is C16H18N2O3S. The van der Waals surface area contributed by atoms with Crippen LogP contribution in [0.2, 0.25) is 0 Å². The van der Waals surface area contributed by atoms with Gasteiger partial charge in [0, 0.05) is 25.0 Å². The molecule has 1 heterocycles. The fraction of sp³-hybridized carbons (Fsp3) is 0.312. The number of ether oxygens (including phenoxy) is 1. The van der Waals surface area contributed by atoms with Gasteiger partial charge in [-0.25, -0.2) is 9.78 Å². The molecule has 0 saturated carbocycles. The second-order valence-corrected chi connectivity index (χ2v) is 6.07. The maximum absolute atomic E-state index is 12.0. The van der Waals surface area contributed by atoms with E-state index >= 15 is 0 Å². The largest absolute Gasteiger partial charge is 0.462 e. The maximum atomic E-state index is 12.0. The third-order valence-corrected chi connectivity index (χ3v) is 3.83. The number of hydrogen-bond donors (Lipinski definition) is 0. The first-order valence-corrected chi connectivity index (χ1v) is 7.75. The molecule has 0 saturated heterocycles. The Kier molecular flexibility index (Phi) is 5.27. The van der Waals surface area contributed by atoms with Crippen LogP contribution >= 0.6 is 11.3 Å². The monoisotopic (exact) mass is 318 g/mol. The minimum absolute atomic E-state index is 0.0699. The van der Waals surface area contributed by atoms with Crippen LogP contribution in [0.4, 0.5) is 0 Å². The second-order valence-electron chi connectivity index (χ2n) is 5.01. The van der Waals surface area contributed by atoms with Crippen LogP contribution in [0.5, 0.6) is 0 Å². The first-order chi connectivity index (χ1) is 10.5. The molecule has 0 N–H and O–H groups in total. The third kappa shape index (κ3) is 4.14. The second kappa shape index (κ2) is 7.17. The quantitative estimate of drug-likeness (QED) is 0.795. The highest BCUT2D eigenvalue weighted by molar-refractivity contribution is 7.09. The van der Waals surface area contributed by atoms with Gasteiger partial charge in [-0.3, -0.25) is 4.79 Å². The Hall–Kier alpha value is -2.21. The van der Waals surface area contributed by atoms with E-state index in [1.165, 1.54) is 4.90 Å². The van der Waals surface area contributed by atoms with Gasteiger partial charge >= 0.3 is 5.97 Å². The van der Waals surface area contributed by atoms with Crippen LogP contribution in [0.25, 0.3) is 11.3 Å². The summed E-state index contributed by atoms with van der Waals surface area (Å²) >= 11 is 1.56. The number of rotatable bonds is 5. The van der Waals surface area contributed by atoms with E-state index in [-0.39, 0.29) is 18.9 Å². The van der Waals surface area contributed by atoms with Crippen LogP contribution < -0.4 is 0 Å². The Bertz CT molecular complexity index is 680. The number of nitrogens with zero attached hydrogens (tertiary/aromatic N) is 2. The summed E-state index contributed by atoms with van der Waals surface area (Å²) in [6.07, 6.45) is 0.184. The van der Waals surface area contributed by atoms with Gasteiger partial charge in [-0.05, 0) is 19.1 Å². The molecule has 0 radical (unpaired) electrons. The number of hydrogen-bond acceptors (Lipinski definition) is 5. The van der Waals surface area contributed by atoms with Gasteiger partial charge in [-0.1, -0.05) is 12.1 Å². The molecule has 0 atom stereocenters. The lowest BCUT2D eigenvalue weighted by molar-refractivity contribution is -0.129. The van der Waals surface area contributed by atoms with Gasteiger partial charge in [0.15, 0.2) is 0 Å². The zero-order chi connectivity index (χ0) is 16.1. The van der Waals surface area contributed by atoms with Crippen molar-refractivity contribution in [3.8, 4) is 11.3 Å². The van der Waals surface area contributed by atoms with E-state index in [0.29, 0.717) is 5.56 Å². The Morgan fingerprint density at radius 3 is 2.73 bits per heavy atom. The normalized spacial score (nSPS) is 10.3. The molecule has 0 fully saturated rings. The molecule has 1 aromatic carbocycles. The standard InChI is InChI=1S/C16H18N2O3S/c1-11-17-14(10-22-11)12-5-4-6-13(9-12)16(20)21-8-7-15(19)18(2)3/h4-6,9-10H,7-8H2,1-3H3. The molecule has 5 nitrogen and oxygen atoms in total. The van der Waals surface area contributed by atoms with Gasteiger partial charge in [0.05, 0.1) is 22.7 Å². The van der Waals surface area contributed by atoms with Crippen LogP contribution in [0.3, 0.4) is 0 Å². The summed E-state index contributed by atoms with van der Waals surface area (Å²) in [6.45, 7) is 2.02. The molecule has 116 valence electrons. The number of aromatic nitrogens is 1. The highest BCUT2D eigenvalue weighted by Gasteiger charge is 2.11. The summed E-state index contributed by atoms with van der Waals surface area (Å²) in [4.78, 5) is 29.3. The average molecular weight is 318 g/mol. The number of thiazole rings is 1. The highest BCUT2D eigenvalue weighted by atomic mass is 32.1. The molecule has 22 heavy (non-hydrogen) atoms. The van der Waals surface area contributed by atoms with Crippen molar-refractivity contribution in [2.45, 2.75) is 13.3 Å². The van der Waals surface area contributed by atoms with E-state index in [0.717, 1.165) is 16.3 Å². The molecule has 1 aromatic heterocycles. The van der Waals surface area contributed by atoms with Crippen molar-refractivity contribution in [2.75, 3.05) is 20.7 Å². The molecule has 0 spiro atoms. The molecule has 6 heteroatoms. The van der Waals surface area contributed by atoms with Crippen LogP contribution in [0.15, 0.2) is 29.6 Å². The van der Waals surface area contributed by atoms with Crippen molar-refractivity contribution >= 4 is 23.2 Å². The zero-order valence-corrected chi connectivity index (χ0v) is 13.6. The van der Waals surface area contributed by atoms with Crippen LogP contribution in [-0.2, 0) is 9.53 Å². The van der Waals surface area contributed by atoms with Gasteiger partial charge < -0.3 is 9.64 Å². The number of aryl methyl sites for hydroxylation is 1. The Morgan fingerprint density at radius 2 is 2.09 bits per heavy atom. The van der Waals surface area contributed by atoms with Gasteiger partial charge in [-0.15, -0.1) is 11.3 Å². The summed E-state index contributed by atoms with van der Waals surface area (Å²) in [5.41, 5.74) is 2.18. The molecule has 2 rings (SSSR count). The molecule has 0 bridgehead atoms.